The van der Waals surface area contributed by atoms with Crippen molar-refractivity contribution in [3.05, 3.63) is 76.9 Å². The van der Waals surface area contributed by atoms with Gasteiger partial charge in [0, 0.05) is 21.6 Å². The highest BCUT2D eigenvalue weighted by Crippen LogP contribution is 2.31. The lowest BCUT2D eigenvalue weighted by Gasteiger charge is -2.09. The van der Waals surface area contributed by atoms with E-state index in [9.17, 15) is 14.9 Å². The van der Waals surface area contributed by atoms with E-state index in [1.807, 2.05) is 32.0 Å². The molecule has 0 atom stereocenters. The van der Waals surface area contributed by atoms with Gasteiger partial charge in [0.25, 0.3) is 5.91 Å². The first-order chi connectivity index (χ1) is 16.0. The molecule has 0 spiro atoms. The van der Waals surface area contributed by atoms with Gasteiger partial charge in [-0.25, -0.2) is 4.79 Å². The van der Waals surface area contributed by atoms with Crippen LogP contribution in [-0.4, -0.2) is 23.6 Å². The van der Waals surface area contributed by atoms with Gasteiger partial charge in [-0.15, -0.1) is 11.8 Å². The molecule has 0 unspecified atom stereocenters. The summed E-state index contributed by atoms with van der Waals surface area (Å²) >= 11 is 1.46. The lowest BCUT2D eigenvalue weighted by Crippen LogP contribution is -2.21. The second-order valence-corrected chi connectivity index (χ2v) is 8.14. The molecular weight excluding hydrogens is 442 g/mol. The van der Waals surface area contributed by atoms with Crippen molar-refractivity contribution in [3.63, 3.8) is 0 Å². The predicted molar refractivity (Wildman–Crippen MR) is 122 cm³/mol. The highest BCUT2D eigenvalue weighted by molar-refractivity contribution is 7.98. The molecule has 0 bridgehead atoms. The third-order valence-electron chi connectivity index (χ3n) is 4.96. The second kappa shape index (κ2) is 9.63. The summed E-state index contributed by atoms with van der Waals surface area (Å²) in [6.45, 7) is 3.20. The number of thioether (sulfide) groups is 1. The SMILES string of the molecule is Cc1noc(C)c1CSc1ccccc1C(=O)OCC(=O)Nc1c(C#N)oc2ccccc12. The number of esters is 1. The van der Waals surface area contributed by atoms with Crippen LogP contribution in [-0.2, 0) is 15.3 Å². The standard InChI is InChI=1S/C24H19N3O5S/c1-14-18(15(2)32-27-14)13-33-21-10-6-4-8-17(21)24(29)30-12-22(28)26-23-16-7-3-5-9-19(16)31-20(23)11-25/h3-10H,12-13H2,1-2H3,(H,26,28). The summed E-state index contributed by atoms with van der Waals surface area (Å²) in [5.74, 6) is 0.102. The molecule has 0 saturated heterocycles. The Morgan fingerprint density at radius 1 is 1.15 bits per heavy atom. The fraction of sp³-hybridized carbons (Fsp3) is 0.167. The predicted octanol–water partition coefficient (Wildman–Crippen LogP) is 5.00. The summed E-state index contributed by atoms with van der Waals surface area (Å²) < 4.78 is 15.9. The number of hydrogen-bond acceptors (Lipinski definition) is 8. The van der Waals surface area contributed by atoms with Gasteiger partial charge in [0.15, 0.2) is 6.61 Å². The molecule has 2 aromatic carbocycles. The van der Waals surface area contributed by atoms with Gasteiger partial charge in [-0.05, 0) is 38.1 Å². The Balaban J connectivity index is 1.41. The first-order valence-corrected chi connectivity index (χ1v) is 11.0. The lowest BCUT2D eigenvalue weighted by atomic mass is 10.2. The Kier molecular flexibility index (Phi) is 6.47. The van der Waals surface area contributed by atoms with Crippen LogP contribution in [0.4, 0.5) is 5.69 Å². The van der Waals surface area contributed by atoms with Crippen LogP contribution in [0.2, 0.25) is 0 Å². The number of carbonyl (C=O) groups excluding carboxylic acids is 2. The Morgan fingerprint density at radius 3 is 2.67 bits per heavy atom. The van der Waals surface area contributed by atoms with E-state index in [4.69, 9.17) is 13.7 Å². The minimum absolute atomic E-state index is 0.0167. The van der Waals surface area contributed by atoms with Crippen LogP contribution in [0.5, 0.6) is 0 Å². The van der Waals surface area contributed by atoms with Gasteiger partial charge in [0.05, 0.1) is 11.3 Å². The largest absolute Gasteiger partial charge is 0.452 e. The van der Waals surface area contributed by atoms with Crippen LogP contribution in [0.15, 0.2) is 62.4 Å². The summed E-state index contributed by atoms with van der Waals surface area (Å²) in [6, 6.07) is 15.9. The molecule has 2 aromatic heterocycles. The maximum atomic E-state index is 12.7. The molecule has 1 amide bonds. The summed E-state index contributed by atoms with van der Waals surface area (Å²) in [5, 5.41) is 16.4. The maximum absolute atomic E-state index is 12.7. The molecule has 0 radical (unpaired) electrons. The van der Waals surface area contributed by atoms with E-state index in [0.717, 1.165) is 21.9 Å². The van der Waals surface area contributed by atoms with Crippen LogP contribution in [0, 0.1) is 25.2 Å². The molecule has 0 aliphatic rings. The first kappa shape index (κ1) is 22.2. The third-order valence-corrected chi connectivity index (χ3v) is 6.06. The lowest BCUT2D eigenvalue weighted by molar-refractivity contribution is -0.119. The van der Waals surface area contributed by atoms with Gasteiger partial charge in [-0.3, -0.25) is 4.79 Å². The highest BCUT2D eigenvalue weighted by Gasteiger charge is 2.19. The van der Waals surface area contributed by atoms with Crippen molar-refractivity contribution in [1.82, 2.24) is 5.16 Å². The van der Waals surface area contributed by atoms with Crippen LogP contribution < -0.4 is 5.32 Å². The Bertz CT molecular complexity index is 1360. The van der Waals surface area contributed by atoms with Crippen molar-refractivity contribution in [2.75, 3.05) is 11.9 Å². The zero-order chi connectivity index (χ0) is 23.4. The number of aromatic nitrogens is 1. The number of hydrogen-bond donors (Lipinski definition) is 1. The van der Waals surface area contributed by atoms with E-state index < -0.39 is 18.5 Å². The second-order valence-electron chi connectivity index (χ2n) is 7.13. The number of benzene rings is 2. The smallest absolute Gasteiger partial charge is 0.339 e. The minimum atomic E-state index is -0.621. The highest BCUT2D eigenvalue weighted by atomic mass is 32.2. The molecule has 33 heavy (non-hydrogen) atoms. The normalized spacial score (nSPS) is 10.7. The van der Waals surface area contributed by atoms with Crippen LogP contribution in [0.3, 0.4) is 0 Å². The summed E-state index contributed by atoms with van der Waals surface area (Å²) in [5.41, 5.74) is 2.87. The van der Waals surface area contributed by atoms with Crippen LogP contribution in [0.1, 0.15) is 33.1 Å². The zero-order valence-corrected chi connectivity index (χ0v) is 18.7. The molecule has 4 aromatic rings. The number of furan rings is 1. The quantitative estimate of drug-likeness (QED) is 0.302. The van der Waals surface area contributed by atoms with Crippen LogP contribution >= 0.6 is 11.8 Å². The number of nitriles is 1. The molecule has 0 saturated carbocycles. The molecule has 4 rings (SSSR count). The Labute approximate surface area is 193 Å². The van der Waals surface area contributed by atoms with E-state index >= 15 is 0 Å². The van der Waals surface area contributed by atoms with Crippen LogP contribution in [0.25, 0.3) is 11.0 Å². The molecule has 0 aliphatic carbocycles. The zero-order valence-electron chi connectivity index (χ0n) is 17.9. The van der Waals surface area contributed by atoms with Crippen molar-refractivity contribution in [1.29, 1.82) is 5.26 Å². The van der Waals surface area contributed by atoms with E-state index in [-0.39, 0.29) is 11.4 Å². The van der Waals surface area contributed by atoms with Gasteiger partial charge in [0.1, 0.15) is 23.1 Å². The number of nitrogens with one attached hydrogen (secondary N) is 1. The van der Waals surface area contributed by atoms with Crippen molar-refractivity contribution >= 4 is 40.3 Å². The number of aryl methyl sites for hydroxylation is 2. The topological polar surface area (TPSA) is 118 Å². The first-order valence-electron chi connectivity index (χ1n) is 10.00. The molecule has 9 heteroatoms. The van der Waals surface area contributed by atoms with E-state index in [0.29, 0.717) is 22.3 Å². The number of amides is 1. The van der Waals surface area contributed by atoms with E-state index in [1.165, 1.54) is 11.8 Å². The summed E-state index contributed by atoms with van der Waals surface area (Å²) in [4.78, 5) is 25.8. The number of carbonyl (C=O) groups is 2. The number of ether oxygens (including phenoxy) is 1. The average Bonchev–Trinajstić information content (AvgIpc) is 3.35. The van der Waals surface area contributed by atoms with E-state index in [1.54, 1.807) is 36.4 Å². The van der Waals surface area contributed by atoms with E-state index in [2.05, 4.69) is 10.5 Å². The van der Waals surface area contributed by atoms with Crippen molar-refractivity contribution < 1.29 is 23.3 Å². The Hall–Kier alpha value is -4.03. The molecule has 1 N–H and O–H groups in total. The fourth-order valence-electron chi connectivity index (χ4n) is 3.25. The van der Waals surface area contributed by atoms with Gasteiger partial charge in [0.2, 0.25) is 5.76 Å². The number of nitrogens with zero attached hydrogens (tertiary/aromatic N) is 2. The minimum Gasteiger partial charge on any atom is -0.452 e. The number of para-hydroxylation sites is 1. The average molecular weight is 461 g/mol. The monoisotopic (exact) mass is 461 g/mol. The van der Waals surface area contributed by atoms with Crippen molar-refractivity contribution in [2.24, 2.45) is 0 Å². The van der Waals surface area contributed by atoms with Crippen molar-refractivity contribution in [2.45, 2.75) is 24.5 Å². The molecule has 0 aliphatic heterocycles. The maximum Gasteiger partial charge on any atom is 0.339 e. The van der Waals surface area contributed by atoms with Gasteiger partial charge in [-0.2, -0.15) is 5.26 Å². The number of anilines is 1. The molecular formula is C24H19N3O5S. The fourth-order valence-corrected chi connectivity index (χ4v) is 4.45. The van der Waals surface area contributed by atoms with Gasteiger partial charge >= 0.3 is 5.97 Å². The molecule has 166 valence electrons. The third kappa shape index (κ3) is 4.76. The Morgan fingerprint density at radius 2 is 1.91 bits per heavy atom. The molecule has 2 heterocycles. The van der Waals surface area contributed by atoms with Gasteiger partial charge < -0.3 is 19.0 Å². The summed E-state index contributed by atoms with van der Waals surface area (Å²) in [7, 11) is 0. The number of rotatable bonds is 7. The molecule has 8 nitrogen and oxygen atoms in total. The van der Waals surface area contributed by atoms with Gasteiger partial charge in [-0.1, -0.05) is 29.4 Å². The number of fused-ring (bicyclic) bond motifs is 1. The molecule has 0 fully saturated rings. The summed E-state index contributed by atoms with van der Waals surface area (Å²) in [6.07, 6.45) is 0. The van der Waals surface area contributed by atoms with Crippen molar-refractivity contribution in [3.8, 4) is 6.07 Å².